The molecule has 25 heavy (non-hydrogen) atoms. The molecular weight excluding hydrogens is 318 g/mol. The molecule has 0 saturated heterocycles. The lowest BCUT2D eigenvalue weighted by Gasteiger charge is -2.23. The zero-order chi connectivity index (χ0) is 17.6. The van der Waals surface area contributed by atoms with E-state index in [2.05, 4.69) is 20.6 Å². The minimum Gasteiger partial charge on any atom is -0.339 e. The summed E-state index contributed by atoms with van der Waals surface area (Å²) in [7, 11) is 0. The fourth-order valence-corrected chi connectivity index (χ4v) is 3.24. The molecule has 136 valence electrons. The molecule has 1 amide bonds. The number of aryl methyl sites for hydroxylation is 1. The maximum absolute atomic E-state index is 12.2. The first-order chi connectivity index (χ1) is 12.1. The van der Waals surface area contributed by atoms with E-state index in [0.29, 0.717) is 31.2 Å². The molecule has 3 rings (SSSR count). The first kappa shape index (κ1) is 17.6. The number of amides is 1. The number of anilines is 1. The van der Waals surface area contributed by atoms with Crippen molar-refractivity contribution in [1.29, 1.82) is 0 Å². The van der Waals surface area contributed by atoms with Crippen LogP contribution in [0.4, 0.5) is 5.82 Å². The van der Waals surface area contributed by atoms with Crippen molar-refractivity contribution in [1.82, 2.24) is 19.9 Å². The Hall–Kier alpha value is -2.18. The van der Waals surface area contributed by atoms with Crippen molar-refractivity contribution in [3.8, 4) is 0 Å². The average Bonchev–Trinajstić information content (AvgIpc) is 3.25. The highest BCUT2D eigenvalue weighted by Gasteiger charge is 2.19. The minimum atomic E-state index is 0.00107. The van der Waals surface area contributed by atoms with Crippen LogP contribution in [-0.4, -0.2) is 25.8 Å². The van der Waals surface area contributed by atoms with Crippen molar-refractivity contribution >= 4 is 11.7 Å². The number of carbonyl (C=O) groups is 1. The molecule has 1 saturated carbocycles. The van der Waals surface area contributed by atoms with Gasteiger partial charge in [-0.15, -0.1) is 0 Å². The van der Waals surface area contributed by atoms with Gasteiger partial charge in [0.25, 0.3) is 0 Å². The van der Waals surface area contributed by atoms with Gasteiger partial charge in [0.05, 0.1) is 12.2 Å². The summed E-state index contributed by atoms with van der Waals surface area (Å²) in [4.78, 5) is 16.6. The molecule has 7 nitrogen and oxygen atoms in total. The van der Waals surface area contributed by atoms with Crippen LogP contribution >= 0.6 is 0 Å². The Labute approximate surface area is 148 Å². The number of hydrogen-bond donors (Lipinski definition) is 1. The summed E-state index contributed by atoms with van der Waals surface area (Å²) in [6, 6.07) is 2.28. The molecule has 0 spiro atoms. The Balaban J connectivity index is 1.47. The number of rotatable bonds is 7. The summed E-state index contributed by atoms with van der Waals surface area (Å²) in [5.41, 5.74) is 0. The molecule has 0 aromatic carbocycles. The topological polar surface area (TPSA) is 85.8 Å². The highest BCUT2D eigenvalue weighted by molar-refractivity contribution is 5.89. The largest absolute Gasteiger partial charge is 0.339 e. The maximum Gasteiger partial charge on any atom is 0.226 e. The molecule has 0 atom stereocenters. The van der Waals surface area contributed by atoms with E-state index >= 15 is 0 Å². The van der Waals surface area contributed by atoms with Crippen LogP contribution in [0.3, 0.4) is 0 Å². The van der Waals surface area contributed by atoms with Crippen LogP contribution in [0.1, 0.15) is 82.5 Å². The minimum absolute atomic E-state index is 0.00107. The maximum atomic E-state index is 12.2. The smallest absolute Gasteiger partial charge is 0.226 e. The summed E-state index contributed by atoms with van der Waals surface area (Å²) >= 11 is 0. The summed E-state index contributed by atoms with van der Waals surface area (Å²) in [6.07, 6.45) is 9.54. The molecule has 0 radical (unpaired) electrons. The van der Waals surface area contributed by atoms with Gasteiger partial charge in [0.1, 0.15) is 5.82 Å². The molecule has 0 unspecified atom stereocenters. The summed E-state index contributed by atoms with van der Waals surface area (Å²) in [5.74, 6) is 2.37. The number of aromatic nitrogens is 4. The molecule has 2 aromatic rings. The molecule has 0 bridgehead atoms. The second-order valence-electron chi connectivity index (χ2n) is 7.06. The Kier molecular flexibility index (Phi) is 5.83. The van der Waals surface area contributed by atoms with Crippen molar-refractivity contribution in [3.63, 3.8) is 0 Å². The lowest BCUT2D eigenvalue weighted by Crippen LogP contribution is -2.20. The van der Waals surface area contributed by atoms with Gasteiger partial charge >= 0.3 is 0 Å². The lowest BCUT2D eigenvalue weighted by atomic mass is 9.96. The van der Waals surface area contributed by atoms with Crippen LogP contribution in [0.25, 0.3) is 0 Å². The van der Waals surface area contributed by atoms with Crippen molar-refractivity contribution in [2.75, 3.05) is 5.32 Å². The number of carbonyl (C=O) groups excluding carboxylic acids is 1. The van der Waals surface area contributed by atoms with Crippen molar-refractivity contribution in [2.24, 2.45) is 0 Å². The SMILES string of the molecule is CC(C)c1noc(CCCC(=O)Nc2ccnn2C2CCCCC2)n1. The van der Waals surface area contributed by atoms with Crippen LogP contribution in [0.5, 0.6) is 0 Å². The Morgan fingerprint density at radius 2 is 2.16 bits per heavy atom. The number of nitrogens with zero attached hydrogens (tertiary/aromatic N) is 4. The van der Waals surface area contributed by atoms with Crippen LogP contribution < -0.4 is 5.32 Å². The van der Waals surface area contributed by atoms with E-state index in [0.717, 1.165) is 24.5 Å². The van der Waals surface area contributed by atoms with Crippen LogP contribution in [0, 0.1) is 0 Å². The van der Waals surface area contributed by atoms with Gasteiger partial charge in [0.15, 0.2) is 5.82 Å². The predicted octanol–water partition coefficient (Wildman–Crippen LogP) is 3.86. The second-order valence-corrected chi connectivity index (χ2v) is 7.06. The Morgan fingerprint density at radius 1 is 1.36 bits per heavy atom. The molecule has 1 aliphatic carbocycles. The van der Waals surface area contributed by atoms with Crippen LogP contribution in [0.2, 0.25) is 0 Å². The zero-order valence-corrected chi connectivity index (χ0v) is 15.1. The first-order valence-electron chi connectivity index (χ1n) is 9.29. The summed E-state index contributed by atoms with van der Waals surface area (Å²) < 4.78 is 7.18. The first-order valence-corrected chi connectivity index (χ1v) is 9.29. The van der Waals surface area contributed by atoms with E-state index in [-0.39, 0.29) is 11.8 Å². The predicted molar refractivity (Wildman–Crippen MR) is 94.3 cm³/mol. The van der Waals surface area contributed by atoms with Crippen molar-refractivity contribution in [2.45, 2.75) is 77.2 Å². The van der Waals surface area contributed by atoms with Gasteiger partial charge in [-0.1, -0.05) is 38.3 Å². The molecule has 1 aliphatic rings. The third-order valence-electron chi connectivity index (χ3n) is 4.65. The van der Waals surface area contributed by atoms with E-state index in [4.69, 9.17) is 4.52 Å². The van der Waals surface area contributed by atoms with Crippen molar-refractivity contribution in [3.05, 3.63) is 24.0 Å². The van der Waals surface area contributed by atoms with Crippen molar-refractivity contribution < 1.29 is 9.32 Å². The molecule has 2 aromatic heterocycles. The Bertz CT molecular complexity index is 685. The van der Waals surface area contributed by atoms with Gasteiger partial charge in [-0.05, 0) is 19.3 Å². The number of nitrogens with one attached hydrogen (secondary N) is 1. The molecule has 2 heterocycles. The normalized spacial score (nSPS) is 15.6. The van der Waals surface area contributed by atoms with Gasteiger partial charge in [0.2, 0.25) is 11.8 Å². The van der Waals surface area contributed by atoms with E-state index in [1.807, 2.05) is 24.6 Å². The van der Waals surface area contributed by atoms with E-state index in [1.165, 1.54) is 19.3 Å². The van der Waals surface area contributed by atoms with Crippen LogP contribution in [0.15, 0.2) is 16.8 Å². The highest BCUT2D eigenvalue weighted by Crippen LogP contribution is 2.29. The standard InChI is InChI=1S/C18H27N5O2/c1-13(2)18-21-17(25-22-18)10-6-9-16(24)20-15-11-12-19-23(15)14-7-4-3-5-8-14/h11-14H,3-10H2,1-2H3,(H,20,24). The third kappa shape index (κ3) is 4.67. The van der Waals surface area contributed by atoms with E-state index in [9.17, 15) is 4.79 Å². The summed E-state index contributed by atoms with van der Waals surface area (Å²) in [6.45, 7) is 4.05. The van der Waals surface area contributed by atoms with Gasteiger partial charge in [0, 0.05) is 24.8 Å². The lowest BCUT2D eigenvalue weighted by molar-refractivity contribution is -0.116. The van der Waals surface area contributed by atoms with Crippen LogP contribution in [-0.2, 0) is 11.2 Å². The number of hydrogen-bond acceptors (Lipinski definition) is 5. The van der Waals surface area contributed by atoms with E-state index in [1.54, 1.807) is 6.20 Å². The third-order valence-corrected chi connectivity index (χ3v) is 4.65. The molecule has 0 aliphatic heterocycles. The van der Waals surface area contributed by atoms with Gasteiger partial charge in [-0.3, -0.25) is 4.79 Å². The van der Waals surface area contributed by atoms with Gasteiger partial charge < -0.3 is 9.84 Å². The summed E-state index contributed by atoms with van der Waals surface area (Å²) in [5, 5.41) is 11.3. The highest BCUT2D eigenvalue weighted by atomic mass is 16.5. The fourth-order valence-electron chi connectivity index (χ4n) is 3.24. The van der Waals surface area contributed by atoms with Gasteiger partial charge in [-0.25, -0.2) is 4.68 Å². The van der Waals surface area contributed by atoms with E-state index < -0.39 is 0 Å². The quantitative estimate of drug-likeness (QED) is 0.823. The molecule has 7 heteroatoms. The molecule has 1 N–H and O–H groups in total. The molecule has 1 fully saturated rings. The monoisotopic (exact) mass is 345 g/mol. The van der Waals surface area contributed by atoms with Gasteiger partial charge in [-0.2, -0.15) is 10.1 Å². The fraction of sp³-hybridized carbons (Fsp3) is 0.667. The Morgan fingerprint density at radius 3 is 2.88 bits per heavy atom. The average molecular weight is 345 g/mol. The second kappa shape index (κ2) is 8.27. The zero-order valence-electron chi connectivity index (χ0n) is 15.1. The molecular formula is C18H27N5O2.